The van der Waals surface area contributed by atoms with E-state index in [1.807, 2.05) is 16.8 Å². The van der Waals surface area contributed by atoms with E-state index in [0.717, 1.165) is 26.1 Å². The maximum Gasteiger partial charge on any atom is 0.275 e. The highest BCUT2D eigenvalue weighted by molar-refractivity contribution is 5.79. The van der Waals surface area contributed by atoms with Crippen LogP contribution in [0.1, 0.15) is 20.3 Å². The van der Waals surface area contributed by atoms with Crippen LogP contribution < -0.4 is 0 Å². The van der Waals surface area contributed by atoms with Gasteiger partial charge in [0.05, 0.1) is 26.0 Å². The first-order valence-corrected chi connectivity index (χ1v) is 7.02. The number of ether oxygens (including phenoxy) is 1. The number of rotatable bonds is 4. The van der Waals surface area contributed by atoms with Crippen molar-refractivity contribution in [2.75, 3.05) is 40.1 Å². The number of hydrogen-bond acceptors (Lipinski definition) is 4. The molecule has 2 atom stereocenters. The minimum Gasteiger partial charge on any atom is -0.378 e. The minimum atomic E-state index is -0.617. The van der Waals surface area contributed by atoms with Crippen molar-refractivity contribution in [2.45, 2.75) is 26.4 Å². The van der Waals surface area contributed by atoms with Crippen molar-refractivity contribution >= 4 is 5.96 Å². The van der Waals surface area contributed by atoms with E-state index in [2.05, 4.69) is 23.8 Å². The van der Waals surface area contributed by atoms with Gasteiger partial charge in [-0.05, 0) is 19.9 Å². The first kappa shape index (κ1) is 15.0. The third kappa shape index (κ3) is 3.57. The lowest BCUT2D eigenvalue weighted by Crippen LogP contribution is -2.58. The second kappa shape index (κ2) is 6.36. The number of nitrogens with zero attached hydrogens (tertiary/aromatic N) is 5. The summed E-state index contributed by atoms with van der Waals surface area (Å²) in [5, 5.41) is 13.7. The van der Waals surface area contributed by atoms with E-state index in [0.29, 0.717) is 25.2 Å². The normalized spacial score (nSPS) is 30.2. The molecule has 2 aliphatic heterocycles. The van der Waals surface area contributed by atoms with Gasteiger partial charge >= 0.3 is 0 Å². The fraction of sp³-hybridized carbons (Fsp3) is 0.917. The van der Waals surface area contributed by atoms with Gasteiger partial charge in [-0.2, -0.15) is 0 Å². The van der Waals surface area contributed by atoms with Crippen LogP contribution in [0.5, 0.6) is 0 Å². The third-order valence-electron chi connectivity index (χ3n) is 3.79. The Kier molecular flexibility index (Phi) is 4.77. The number of hydrazone groups is 1. The first-order valence-electron chi connectivity index (χ1n) is 7.02. The predicted molar refractivity (Wildman–Crippen MR) is 74.5 cm³/mol. The lowest BCUT2D eigenvalue weighted by Gasteiger charge is -2.42. The summed E-state index contributed by atoms with van der Waals surface area (Å²) < 4.78 is 5.58. The molecule has 0 aliphatic carbocycles. The standard InChI is InChI=1S/C12H23N5O3/c1-4-15-8-14(3)12(13-17(18)19)16(9-15)6-11-5-10(2)20-7-11/h10-11H,4-9H2,1-3H3. The van der Waals surface area contributed by atoms with Crippen molar-refractivity contribution in [3.63, 3.8) is 0 Å². The summed E-state index contributed by atoms with van der Waals surface area (Å²) in [5.74, 6) is 0.853. The predicted octanol–water partition coefficient (Wildman–Crippen LogP) is 0.443. The number of nitro groups is 1. The van der Waals surface area contributed by atoms with E-state index in [1.165, 1.54) is 0 Å². The van der Waals surface area contributed by atoms with Crippen LogP contribution in [0.25, 0.3) is 0 Å². The highest BCUT2D eigenvalue weighted by atomic mass is 16.7. The second-order valence-electron chi connectivity index (χ2n) is 5.57. The Morgan fingerprint density at radius 1 is 1.50 bits per heavy atom. The average Bonchev–Trinajstić information content (AvgIpc) is 2.78. The molecular weight excluding hydrogens is 262 g/mol. The summed E-state index contributed by atoms with van der Waals surface area (Å²) >= 11 is 0. The molecule has 0 aromatic carbocycles. The molecule has 0 N–H and O–H groups in total. The van der Waals surface area contributed by atoms with Gasteiger partial charge in [0.1, 0.15) is 5.10 Å². The molecule has 2 unspecified atom stereocenters. The van der Waals surface area contributed by atoms with Crippen LogP contribution in [0, 0.1) is 16.0 Å². The summed E-state index contributed by atoms with van der Waals surface area (Å²) in [6.07, 6.45) is 1.28. The van der Waals surface area contributed by atoms with Crippen LogP contribution >= 0.6 is 0 Å². The molecule has 0 aromatic rings. The van der Waals surface area contributed by atoms with Crippen molar-refractivity contribution < 1.29 is 9.77 Å². The van der Waals surface area contributed by atoms with E-state index >= 15 is 0 Å². The fourth-order valence-corrected chi connectivity index (χ4v) is 2.85. The monoisotopic (exact) mass is 285 g/mol. The zero-order valence-electron chi connectivity index (χ0n) is 12.4. The zero-order valence-corrected chi connectivity index (χ0v) is 12.4. The van der Waals surface area contributed by atoms with Crippen LogP contribution in [0.2, 0.25) is 0 Å². The van der Waals surface area contributed by atoms with Gasteiger partial charge in [0, 0.05) is 19.5 Å². The van der Waals surface area contributed by atoms with E-state index in [1.54, 1.807) is 0 Å². The Morgan fingerprint density at radius 3 is 2.80 bits per heavy atom. The van der Waals surface area contributed by atoms with Crippen molar-refractivity contribution in [2.24, 2.45) is 11.0 Å². The lowest BCUT2D eigenvalue weighted by molar-refractivity contribution is -0.486. The minimum absolute atomic E-state index is 0.278. The van der Waals surface area contributed by atoms with E-state index in [4.69, 9.17) is 4.74 Å². The number of guanidine groups is 1. The van der Waals surface area contributed by atoms with Crippen molar-refractivity contribution in [1.82, 2.24) is 14.7 Å². The topological polar surface area (TPSA) is 74.5 Å². The van der Waals surface area contributed by atoms with Gasteiger partial charge in [-0.3, -0.25) is 4.90 Å². The maximum atomic E-state index is 10.7. The Balaban J connectivity index is 2.08. The van der Waals surface area contributed by atoms with Gasteiger partial charge in [-0.1, -0.05) is 6.92 Å². The molecule has 0 spiro atoms. The highest BCUT2D eigenvalue weighted by Crippen LogP contribution is 2.21. The van der Waals surface area contributed by atoms with Gasteiger partial charge in [0.25, 0.3) is 5.96 Å². The van der Waals surface area contributed by atoms with Crippen molar-refractivity contribution in [3.8, 4) is 0 Å². The van der Waals surface area contributed by atoms with Crippen molar-refractivity contribution in [3.05, 3.63) is 10.1 Å². The smallest absolute Gasteiger partial charge is 0.275 e. The molecule has 2 heterocycles. The van der Waals surface area contributed by atoms with Crippen LogP contribution in [0.15, 0.2) is 5.10 Å². The molecule has 2 saturated heterocycles. The molecule has 114 valence electrons. The van der Waals surface area contributed by atoms with Crippen LogP contribution in [-0.4, -0.2) is 71.9 Å². The van der Waals surface area contributed by atoms with Gasteiger partial charge < -0.3 is 14.5 Å². The molecule has 0 aromatic heterocycles. The molecule has 0 bridgehead atoms. The van der Waals surface area contributed by atoms with Gasteiger partial charge in [-0.25, -0.2) is 10.1 Å². The lowest BCUT2D eigenvalue weighted by atomic mass is 10.1. The molecule has 0 saturated carbocycles. The largest absolute Gasteiger partial charge is 0.378 e. The third-order valence-corrected chi connectivity index (χ3v) is 3.79. The van der Waals surface area contributed by atoms with Gasteiger partial charge in [-0.15, -0.1) is 0 Å². The van der Waals surface area contributed by atoms with E-state index < -0.39 is 5.03 Å². The maximum absolute atomic E-state index is 10.7. The quantitative estimate of drug-likeness (QED) is 0.551. The van der Waals surface area contributed by atoms with Crippen LogP contribution in [-0.2, 0) is 4.74 Å². The average molecular weight is 285 g/mol. The molecular formula is C12H23N5O3. The van der Waals surface area contributed by atoms with E-state index in [9.17, 15) is 10.1 Å². The molecule has 2 rings (SSSR count). The SMILES string of the molecule is CCN1CN(C)C(=N[N+](=O)[O-])N(CC2COC(C)C2)C1. The van der Waals surface area contributed by atoms with Gasteiger partial charge in [0.2, 0.25) is 0 Å². The Bertz CT molecular complexity index is 389. The summed E-state index contributed by atoms with van der Waals surface area (Å²) in [6, 6.07) is 0. The van der Waals surface area contributed by atoms with Crippen LogP contribution in [0.4, 0.5) is 0 Å². The van der Waals surface area contributed by atoms with Crippen molar-refractivity contribution in [1.29, 1.82) is 0 Å². The van der Waals surface area contributed by atoms with Gasteiger partial charge in [0.15, 0.2) is 5.03 Å². The molecule has 0 radical (unpaired) electrons. The second-order valence-corrected chi connectivity index (χ2v) is 5.57. The summed E-state index contributed by atoms with van der Waals surface area (Å²) in [5.41, 5.74) is 0. The summed E-state index contributed by atoms with van der Waals surface area (Å²) in [7, 11) is 1.84. The summed E-state index contributed by atoms with van der Waals surface area (Å²) in [4.78, 5) is 16.8. The fourth-order valence-electron chi connectivity index (χ4n) is 2.85. The molecule has 2 aliphatic rings. The summed E-state index contributed by atoms with van der Waals surface area (Å²) in [6.45, 7) is 7.87. The molecule has 8 nitrogen and oxygen atoms in total. The first-order chi connectivity index (χ1) is 9.49. The van der Waals surface area contributed by atoms with E-state index in [-0.39, 0.29) is 6.10 Å². The Hall–Kier alpha value is -1.41. The van der Waals surface area contributed by atoms with Crippen LogP contribution in [0.3, 0.4) is 0 Å². The zero-order chi connectivity index (χ0) is 14.7. The molecule has 0 amide bonds. The highest BCUT2D eigenvalue weighted by Gasteiger charge is 2.32. The Labute approximate surface area is 119 Å². The molecule has 2 fully saturated rings. The molecule has 8 heteroatoms. The molecule has 20 heavy (non-hydrogen) atoms. The Morgan fingerprint density at radius 2 is 2.25 bits per heavy atom. The number of hydrogen-bond donors (Lipinski definition) is 0.